The SMILES string of the molecule is COc1ccccc1CCNC(=O)c1nc(Cc2ccccc2)n(-c2ccc(S(N)(=O)=O)cc2)n1. The third-order valence-corrected chi connectivity index (χ3v) is 6.29. The minimum Gasteiger partial charge on any atom is -0.496 e. The Balaban J connectivity index is 1.57. The van der Waals surface area contributed by atoms with Crippen molar-refractivity contribution in [3.05, 3.63) is 102 Å². The number of methoxy groups -OCH3 is 1. The van der Waals surface area contributed by atoms with Crippen molar-refractivity contribution in [3.63, 3.8) is 0 Å². The molecule has 0 bridgehead atoms. The van der Waals surface area contributed by atoms with Gasteiger partial charge in [-0.2, -0.15) is 0 Å². The molecule has 0 spiro atoms. The molecule has 0 radical (unpaired) electrons. The Morgan fingerprint density at radius 2 is 1.69 bits per heavy atom. The van der Waals surface area contributed by atoms with E-state index in [9.17, 15) is 13.2 Å². The fraction of sp³-hybridized carbons (Fsp3) is 0.160. The molecule has 0 aliphatic rings. The van der Waals surface area contributed by atoms with Crippen molar-refractivity contribution in [1.82, 2.24) is 20.1 Å². The van der Waals surface area contributed by atoms with E-state index in [-0.39, 0.29) is 10.7 Å². The van der Waals surface area contributed by atoms with E-state index in [1.165, 1.54) is 16.8 Å². The first-order valence-electron chi connectivity index (χ1n) is 10.9. The molecule has 0 fully saturated rings. The van der Waals surface area contributed by atoms with Gasteiger partial charge in [-0.25, -0.2) is 23.2 Å². The van der Waals surface area contributed by atoms with E-state index in [4.69, 9.17) is 9.88 Å². The van der Waals surface area contributed by atoms with Crippen LogP contribution in [0.1, 0.15) is 27.6 Å². The summed E-state index contributed by atoms with van der Waals surface area (Å²) < 4.78 is 30.1. The molecule has 35 heavy (non-hydrogen) atoms. The van der Waals surface area contributed by atoms with E-state index in [1.807, 2.05) is 54.6 Å². The summed E-state index contributed by atoms with van der Waals surface area (Å²) in [6.07, 6.45) is 1.02. The highest BCUT2D eigenvalue weighted by atomic mass is 32.2. The first-order chi connectivity index (χ1) is 16.8. The van der Waals surface area contributed by atoms with E-state index in [1.54, 1.807) is 19.2 Å². The van der Waals surface area contributed by atoms with Gasteiger partial charge in [0.1, 0.15) is 11.6 Å². The van der Waals surface area contributed by atoms with E-state index in [0.29, 0.717) is 30.9 Å². The van der Waals surface area contributed by atoms with Gasteiger partial charge < -0.3 is 10.1 Å². The zero-order chi connectivity index (χ0) is 24.8. The van der Waals surface area contributed by atoms with Crippen LogP contribution in [0.3, 0.4) is 0 Å². The summed E-state index contributed by atoms with van der Waals surface area (Å²) in [6.45, 7) is 0.380. The standard InChI is InChI=1S/C25H25N5O4S/c1-34-22-10-6-5-9-19(22)15-16-27-25(31)24-28-23(17-18-7-3-2-4-8-18)30(29-24)20-11-13-21(14-12-20)35(26,32)33/h2-14H,15-17H2,1H3,(H,27,31)(H2,26,32,33). The second-order valence-electron chi connectivity index (χ2n) is 7.78. The van der Waals surface area contributed by atoms with Crippen molar-refractivity contribution in [2.45, 2.75) is 17.7 Å². The second-order valence-corrected chi connectivity index (χ2v) is 9.34. The van der Waals surface area contributed by atoms with Gasteiger partial charge in [-0.3, -0.25) is 4.79 Å². The Kier molecular flexibility index (Phi) is 7.23. The zero-order valence-electron chi connectivity index (χ0n) is 19.1. The fourth-order valence-corrected chi connectivity index (χ4v) is 4.13. The van der Waals surface area contributed by atoms with Gasteiger partial charge in [0.15, 0.2) is 0 Å². The lowest BCUT2D eigenvalue weighted by Gasteiger charge is -2.08. The van der Waals surface area contributed by atoms with Crippen LogP contribution >= 0.6 is 0 Å². The van der Waals surface area contributed by atoms with Crippen LogP contribution in [0.2, 0.25) is 0 Å². The second kappa shape index (κ2) is 10.5. The molecule has 0 saturated heterocycles. The molecule has 1 aromatic heterocycles. The van der Waals surface area contributed by atoms with Crippen LogP contribution in [-0.2, 0) is 22.9 Å². The van der Waals surface area contributed by atoms with Gasteiger partial charge in [0, 0.05) is 13.0 Å². The highest BCUT2D eigenvalue weighted by molar-refractivity contribution is 7.89. The van der Waals surface area contributed by atoms with Gasteiger partial charge in [-0.15, -0.1) is 5.10 Å². The van der Waals surface area contributed by atoms with Gasteiger partial charge >= 0.3 is 0 Å². The first-order valence-corrected chi connectivity index (χ1v) is 12.4. The Hall–Kier alpha value is -4.02. The minimum atomic E-state index is -3.83. The number of nitrogens with two attached hydrogens (primary N) is 1. The van der Waals surface area contributed by atoms with Crippen LogP contribution in [-0.4, -0.2) is 42.7 Å². The number of carbonyl (C=O) groups excluding carboxylic acids is 1. The summed E-state index contributed by atoms with van der Waals surface area (Å²) in [5, 5.41) is 12.5. The van der Waals surface area contributed by atoms with Crippen molar-refractivity contribution in [3.8, 4) is 11.4 Å². The molecular weight excluding hydrogens is 466 g/mol. The molecule has 1 heterocycles. The average Bonchev–Trinajstić information content (AvgIpc) is 3.28. The molecule has 4 rings (SSSR count). The molecule has 3 N–H and O–H groups in total. The summed E-state index contributed by atoms with van der Waals surface area (Å²) in [5.41, 5.74) is 2.53. The number of carbonyl (C=O) groups is 1. The monoisotopic (exact) mass is 491 g/mol. The van der Waals surface area contributed by atoms with Crippen molar-refractivity contribution in [2.75, 3.05) is 13.7 Å². The summed E-state index contributed by atoms with van der Waals surface area (Å²) in [6, 6.07) is 23.2. The van der Waals surface area contributed by atoms with Gasteiger partial charge in [0.25, 0.3) is 5.91 Å². The predicted octanol–water partition coefficient (Wildman–Crippen LogP) is 2.49. The van der Waals surface area contributed by atoms with Crippen molar-refractivity contribution in [2.24, 2.45) is 5.14 Å². The van der Waals surface area contributed by atoms with Crippen LogP contribution in [0.4, 0.5) is 0 Å². The number of primary sulfonamides is 1. The Bertz CT molecular complexity index is 1420. The topological polar surface area (TPSA) is 129 Å². The molecule has 0 atom stereocenters. The van der Waals surface area contributed by atoms with Crippen molar-refractivity contribution < 1.29 is 17.9 Å². The number of nitrogens with zero attached hydrogens (tertiary/aromatic N) is 3. The molecule has 180 valence electrons. The maximum atomic E-state index is 12.8. The van der Waals surface area contributed by atoms with E-state index < -0.39 is 15.9 Å². The highest BCUT2D eigenvalue weighted by Crippen LogP contribution is 2.18. The Morgan fingerprint density at radius 1 is 1.00 bits per heavy atom. The molecule has 1 amide bonds. The third kappa shape index (κ3) is 5.92. The van der Waals surface area contributed by atoms with Crippen LogP contribution in [0.25, 0.3) is 5.69 Å². The number of sulfonamides is 1. The number of rotatable bonds is 9. The van der Waals surface area contributed by atoms with Crippen LogP contribution in [0.15, 0.2) is 83.8 Å². The number of amides is 1. The summed E-state index contributed by atoms with van der Waals surface area (Å²) in [4.78, 5) is 17.3. The van der Waals surface area contributed by atoms with Gasteiger partial charge in [-0.1, -0.05) is 48.5 Å². The van der Waals surface area contributed by atoms with E-state index in [0.717, 1.165) is 16.9 Å². The largest absolute Gasteiger partial charge is 0.496 e. The average molecular weight is 492 g/mol. The van der Waals surface area contributed by atoms with Crippen LogP contribution < -0.4 is 15.2 Å². The van der Waals surface area contributed by atoms with Gasteiger partial charge in [0.2, 0.25) is 15.8 Å². The van der Waals surface area contributed by atoms with Crippen molar-refractivity contribution in [1.29, 1.82) is 0 Å². The van der Waals surface area contributed by atoms with Crippen LogP contribution in [0.5, 0.6) is 5.75 Å². The molecule has 0 aliphatic carbocycles. The number of hydrogen-bond acceptors (Lipinski definition) is 6. The maximum Gasteiger partial charge on any atom is 0.290 e. The zero-order valence-corrected chi connectivity index (χ0v) is 19.9. The number of nitrogens with one attached hydrogen (secondary N) is 1. The normalized spacial score (nSPS) is 11.3. The quantitative estimate of drug-likeness (QED) is 0.370. The van der Waals surface area contributed by atoms with Crippen molar-refractivity contribution >= 4 is 15.9 Å². The molecule has 0 unspecified atom stereocenters. The summed E-state index contributed by atoms with van der Waals surface area (Å²) in [5.74, 6) is 0.910. The Morgan fingerprint density at radius 3 is 2.37 bits per heavy atom. The molecular formula is C25H25N5O4S. The van der Waals surface area contributed by atoms with E-state index in [2.05, 4.69) is 15.4 Å². The first kappa shape index (κ1) is 24.1. The lowest BCUT2D eigenvalue weighted by atomic mass is 10.1. The number of aromatic nitrogens is 3. The smallest absolute Gasteiger partial charge is 0.290 e. The molecule has 3 aromatic carbocycles. The molecule has 10 heteroatoms. The van der Waals surface area contributed by atoms with E-state index >= 15 is 0 Å². The number of hydrogen-bond donors (Lipinski definition) is 2. The minimum absolute atomic E-state index is 0.0136. The third-order valence-electron chi connectivity index (χ3n) is 5.36. The lowest BCUT2D eigenvalue weighted by Crippen LogP contribution is -2.27. The molecule has 9 nitrogen and oxygen atoms in total. The maximum absolute atomic E-state index is 12.8. The number of ether oxygens (including phenoxy) is 1. The predicted molar refractivity (Wildman–Crippen MR) is 131 cm³/mol. The molecule has 0 saturated carbocycles. The number of benzene rings is 3. The summed E-state index contributed by atoms with van der Waals surface area (Å²) in [7, 11) is -2.22. The lowest BCUT2D eigenvalue weighted by molar-refractivity contribution is 0.0943. The van der Waals surface area contributed by atoms with Gasteiger partial charge in [0.05, 0.1) is 17.7 Å². The van der Waals surface area contributed by atoms with Gasteiger partial charge in [-0.05, 0) is 47.9 Å². The summed E-state index contributed by atoms with van der Waals surface area (Å²) >= 11 is 0. The molecule has 4 aromatic rings. The fourth-order valence-electron chi connectivity index (χ4n) is 3.62. The Labute approximate surface area is 203 Å². The highest BCUT2D eigenvalue weighted by Gasteiger charge is 2.18. The number of para-hydroxylation sites is 1. The van der Waals surface area contributed by atoms with Crippen LogP contribution in [0, 0.1) is 0 Å². The molecule has 0 aliphatic heterocycles.